The van der Waals surface area contributed by atoms with Crippen LogP contribution in [0.4, 0.5) is 0 Å². The van der Waals surface area contributed by atoms with Crippen molar-refractivity contribution < 1.29 is 19.0 Å². The average molecular weight is 443 g/mol. The van der Waals surface area contributed by atoms with Gasteiger partial charge in [0.1, 0.15) is 0 Å². The number of carbonyl (C=O) groups is 1. The number of amides is 1. The van der Waals surface area contributed by atoms with Crippen LogP contribution in [0, 0.1) is 0 Å². The van der Waals surface area contributed by atoms with Gasteiger partial charge in [-0.25, -0.2) is 0 Å². The zero-order chi connectivity index (χ0) is 19.9. The second-order valence-electron chi connectivity index (χ2n) is 7.68. The standard InChI is InChI=1S/C20H31BrN2O4/c1-5-25-17-9-14(11-22-12-15-7-6-8-26-15)16(21)10-18(17)27-13-19(24)23-20(2,3)4/h9-10,15,22H,5-8,11-13H2,1-4H3,(H,23,24). The lowest BCUT2D eigenvalue weighted by Gasteiger charge is -2.21. The average Bonchev–Trinajstić information content (AvgIpc) is 3.08. The number of carbonyl (C=O) groups excluding carboxylic acids is 1. The monoisotopic (exact) mass is 442 g/mol. The maximum absolute atomic E-state index is 12.0. The molecule has 0 spiro atoms. The minimum Gasteiger partial charge on any atom is -0.490 e. The summed E-state index contributed by atoms with van der Waals surface area (Å²) in [5, 5.41) is 6.32. The molecule has 1 aliphatic rings. The van der Waals surface area contributed by atoms with Gasteiger partial charge in [0.15, 0.2) is 18.1 Å². The molecule has 1 fully saturated rings. The Morgan fingerprint density at radius 3 is 2.67 bits per heavy atom. The van der Waals surface area contributed by atoms with E-state index in [1.165, 1.54) is 0 Å². The zero-order valence-electron chi connectivity index (χ0n) is 16.7. The van der Waals surface area contributed by atoms with E-state index in [1.807, 2.05) is 39.8 Å². The van der Waals surface area contributed by atoms with E-state index in [1.54, 1.807) is 0 Å². The Morgan fingerprint density at radius 1 is 1.30 bits per heavy atom. The van der Waals surface area contributed by atoms with Crippen molar-refractivity contribution in [2.24, 2.45) is 0 Å². The van der Waals surface area contributed by atoms with Gasteiger partial charge in [0.2, 0.25) is 0 Å². The lowest BCUT2D eigenvalue weighted by molar-refractivity contribution is -0.124. The van der Waals surface area contributed by atoms with E-state index in [2.05, 4.69) is 26.6 Å². The first-order chi connectivity index (χ1) is 12.8. The molecule has 6 nitrogen and oxygen atoms in total. The van der Waals surface area contributed by atoms with Gasteiger partial charge in [0.25, 0.3) is 5.91 Å². The molecular formula is C20H31BrN2O4. The molecule has 1 aromatic rings. The Morgan fingerprint density at radius 2 is 2.04 bits per heavy atom. The largest absolute Gasteiger partial charge is 0.490 e. The molecule has 7 heteroatoms. The number of hydrogen-bond donors (Lipinski definition) is 2. The van der Waals surface area contributed by atoms with Crippen molar-refractivity contribution in [1.82, 2.24) is 10.6 Å². The Balaban J connectivity index is 1.97. The molecule has 1 amide bonds. The van der Waals surface area contributed by atoms with E-state index in [4.69, 9.17) is 14.2 Å². The molecule has 152 valence electrons. The summed E-state index contributed by atoms with van der Waals surface area (Å²) in [5.74, 6) is 1.03. The molecule has 1 saturated heterocycles. The van der Waals surface area contributed by atoms with Crippen LogP contribution in [0.1, 0.15) is 46.1 Å². The number of benzene rings is 1. The van der Waals surface area contributed by atoms with Crippen molar-refractivity contribution in [2.45, 2.75) is 58.7 Å². The van der Waals surface area contributed by atoms with Gasteiger partial charge >= 0.3 is 0 Å². The van der Waals surface area contributed by atoms with E-state index >= 15 is 0 Å². The van der Waals surface area contributed by atoms with Crippen LogP contribution in [0.5, 0.6) is 11.5 Å². The number of halogens is 1. The van der Waals surface area contributed by atoms with E-state index in [0.717, 1.165) is 36.0 Å². The minimum atomic E-state index is -0.289. The van der Waals surface area contributed by atoms with Gasteiger partial charge < -0.3 is 24.8 Å². The molecule has 0 bridgehead atoms. The normalized spacial score (nSPS) is 17.0. The molecule has 0 aliphatic carbocycles. The van der Waals surface area contributed by atoms with Gasteiger partial charge in [-0.15, -0.1) is 0 Å². The van der Waals surface area contributed by atoms with Crippen LogP contribution in [-0.2, 0) is 16.1 Å². The highest BCUT2D eigenvalue weighted by molar-refractivity contribution is 9.10. The number of nitrogens with one attached hydrogen (secondary N) is 2. The summed E-state index contributed by atoms with van der Waals surface area (Å²) < 4.78 is 18.0. The molecule has 2 rings (SSSR count). The number of ether oxygens (including phenoxy) is 3. The Bertz CT molecular complexity index is 625. The summed E-state index contributed by atoms with van der Waals surface area (Å²) in [6.07, 6.45) is 2.56. The third-order valence-corrected chi connectivity index (χ3v) is 4.74. The summed E-state index contributed by atoms with van der Waals surface area (Å²) in [6, 6.07) is 3.81. The summed E-state index contributed by atoms with van der Waals surface area (Å²) in [6.45, 7) is 10.6. The molecule has 1 aromatic carbocycles. The van der Waals surface area contributed by atoms with Gasteiger partial charge in [-0.05, 0) is 58.2 Å². The van der Waals surface area contributed by atoms with Crippen LogP contribution < -0.4 is 20.1 Å². The molecule has 0 saturated carbocycles. The quantitative estimate of drug-likeness (QED) is 0.612. The fourth-order valence-electron chi connectivity index (χ4n) is 2.86. The van der Waals surface area contributed by atoms with Crippen molar-refractivity contribution in [3.8, 4) is 11.5 Å². The lowest BCUT2D eigenvalue weighted by atomic mass is 10.1. The first-order valence-electron chi connectivity index (χ1n) is 9.50. The van der Waals surface area contributed by atoms with E-state index in [-0.39, 0.29) is 18.1 Å². The van der Waals surface area contributed by atoms with Crippen molar-refractivity contribution >= 4 is 21.8 Å². The summed E-state index contributed by atoms with van der Waals surface area (Å²) in [7, 11) is 0. The summed E-state index contributed by atoms with van der Waals surface area (Å²) in [4.78, 5) is 12.0. The Hall–Kier alpha value is -1.31. The molecule has 2 N–H and O–H groups in total. The number of rotatable bonds is 9. The fourth-order valence-corrected chi connectivity index (χ4v) is 3.33. The maximum atomic E-state index is 12.0. The second-order valence-corrected chi connectivity index (χ2v) is 8.53. The predicted octanol–water partition coefficient (Wildman–Crippen LogP) is 3.41. The van der Waals surface area contributed by atoms with E-state index < -0.39 is 0 Å². The topological polar surface area (TPSA) is 68.8 Å². The molecule has 27 heavy (non-hydrogen) atoms. The van der Waals surface area contributed by atoms with Gasteiger partial charge in [-0.1, -0.05) is 15.9 Å². The SMILES string of the molecule is CCOc1cc(CNCC2CCCO2)c(Br)cc1OCC(=O)NC(C)(C)C. The third-order valence-electron chi connectivity index (χ3n) is 4.00. The lowest BCUT2D eigenvalue weighted by Crippen LogP contribution is -2.43. The zero-order valence-corrected chi connectivity index (χ0v) is 18.3. The van der Waals surface area contributed by atoms with E-state index in [0.29, 0.717) is 30.8 Å². The highest BCUT2D eigenvalue weighted by Crippen LogP contribution is 2.34. The first-order valence-corrected chi connectivity index (χ1v) is 10.3. The van der Waals surface area contributed by atoms with Gasteiger partial charge in [-0.2, -0.15) is 0 Å². The van der Waals surface area contributed by atoms with Crippen molar-refractivity contribution in [2.75, 3.05) is 26.4 Å². The molecule has 0 radical (unpaired) electrons. The summed E-state index contributed by atoms with van der Waals surface area (Å²) in [5.41, 5.74) is 0.783. The van der Waals surface area contributed by atoms with Crippen LogP contribution in [-0.4, -0.2) is 43.9 Å². The second kappa shape index (κ2) is 10.3. The highest BCUT2D eigenvalue weighted by Gasteiger charge is 2.17. The molecule has 0 aromatic heterocycles. The van der Waals surface area contributed by atoms with Crippen LogP contribution >= 0.6 is 15.9 Å². The van der Waals surface area contributed by atoms with Crippen molar-refractivity contribution in [3.63, 3.8) is 0 Å². The number of hydrogen-bond acceptors (Lipinski definition) is 5. The molecule has 1 heterocycles. The van der Waals surface area contributed by atoms with Crippen LogP contribution in [0.2, 0.25) is 0 Å². The molecule has 1 unspecified atom stereocenters. The van der Waals surface area contributed by atoms with Gasteiger partial charge in [0, 0.05) is 29.7 Å². The Kier molecular flexibility index (Phi) is 8.38. The highest BCUT2D eigenvalue weighted by atomic mass is 79.9. The van der Waals surface area contributed by atoms with Gasteiger partial charge in [-0.3, -0.25) is 4.79 Å². The van der Waals surface area contributed by atoms with Crippen LogP contribution in [0.15, 0.2) is 16.6 Å². The Labute approximate surface area is 170 Å². The van der Waals surface area contributed by atoms with Crippen LogP contribution in [0.25, 0.3) is 0 Å². The molecular weight excluding hydrogens is 412 g/mol. The molecule has 1 atom stereocenters. The van der Waals surface area contributed by atoms with Crippen LogP contribution in [0.3, 0.4) is 0 Å². The fraction of sp³-hybridized carbons (Fsp3) is 0.650. The summed E-state index contributed by atoms with van der Waals surface area (Å²) >= 11 is 3.59. The van der Waals surface area contributed by atoms with Crippen molar-refractivity contribution in [3.05, 3.63) is 22.2 Å². The third kappa shape index (κ3) is 7.68. The first kappa shape index (κ1) is 22.0. The molecule has 1 aliphatic heterocycles. The van der Waals surface area contributed by atoms with E-state index in [9.17, 15) is 4.79 Å². The minimum absolute atomic E-state index is 0.0552. The van der Waals surface area contributed by atoms with Crippen molar-refractivity contribution in [1.29, 1.82) is 0 Å². The smallest absolute Gasteiger partial charge is 0.258 e. The van der Waals surface area contributed by atoms with Gasteiger partial charge in [0.05, 0.1) is 12.7 Å². The maximum Gasteiger partial charge on any atom is 0.258 e. The predicted molar refractivity (Wildman–Crippen MR) is 109 cm³/mol.